The number of hydrogen-bond donors (Lipinski definition) is 2. The first-order chi connectivity index (χ1) is 9.22. The number of nitrogens with one attached hydrogen (secondary N) is 2. The maximum Gasteiger partial charge on any atom is 0.287 e. The van der Waals surface area contributed by atoms with E-state index in [1.54, 1.807) is 12.3 Å². The van der Waals surface area contributed by atoms with Crippen molar-refractivity contribution < 1.29 is 0 Å². The second-order valence-corrected chi connectivity index (χ2v) is 5.05. The lowest BCUT2D eigenvalue weighted by atomic mass is 10.1. The highest BCUT2D eigenvalue weighted by Gasteiger charge is 2.15. The van der Waals surface area contributed by atoms with Crippen molar-refractivity contribution in [3.63, 3.8) is 0 Å². The van der Waals surface area contributed by atoms with Crippen molar-refractivity contribution in [3.05, 3.63) is 34.2 Å². The second kappa shape index (κ2) is 6.73. The van der Waals surface area contributed by atoms with Crippen molar-refractivity contribution in [2.45, 2.75) is 31.8 Å². The van der Waals surface area contributed by atoms with Crippen LogP contribution in [0.5, 0.6) is 0 Å². The first-order valence-electron chi connectivity index (χ1n) is 6.56. The van der Waals surface area contributed by atoms with E-state index in [1.165, 1.54) is 4.68 Å². The highest BCUT2D eigenvalue weighted by atomic mass is 35.5. The Balaban J connectivity index is 2.14. The maximum absolute atomic E-state index is 12.0. The number of nitrogens with zero attached hydrogens (tertiary/aromatic N) is 2. The number of allylic oxidation sites excluding steroid dienone is 1. The summed E-state index contributed by atoms with van der Waals surface area (Å²) in [5.74, 6) is 0. The molecule has 0 bridgehead atoms. The topological polar surface area (TPSA) is 59.0 Å². The molecular weight excluding hydrogens is 264 g/mol. The third-order valence-electron chi connectivity index (χ3n) is 3.22. The fraction of sp³-hybridized carbons (Fsp3) is 0.538. The monoisotopic (exact) mass is 282 g/mol. The Morgan fingerprint density at radius 3 is 3.21 bits per heavy atom. The molecule has 1 saturated heterocycles. The van der Waals surface area contributed by atoms with Crippen LogP contribution >= 0.6 is 11.6 Å². The second-order valence-electron chi connectivity index (χ2n) is 4.67. The quantitative estimate of drug-likeness (QED) is 0.824. The van der Waals surface area contributed by atoms with Crippen molar-refractivity contribution in [2.75, 3.05) is 18.4 Å². The first kappa shape index (κ1) is 14.1. The first-order valence-corrected chi connectivity index (χ1v) is 6.94. The Kier molecular flexibility index (Phi) is 4.99. The molecule has 104 valence electrons. The Labute approximate surface area is 117 Å². The highest BCUT2D eigenvalue weighted by molar-refractivity contribution is 6.32. The van der Waals surface area contributed by atoms with E-state index in [0.29, 0.717) is 18.3 Å². The van der Waals surface area contributed by atoms with Crippen LogP contribution in [0.25, 0.3) is 0 Å². The van der Waals surface area contributed by atoms with Crippen LogP contribution < -0.4 is 16.2 Å². The molecule has 1 fully saturated rings. The molecule has 1 aliphatic heterocycles. The van der Waals surface area contributed by atoms with Gasteiger partial charge in [-0.05, 0) is 32.4 Å². The zero-order chi connectivity index (χ0) is 13.7. The van der Waals surface area contributed by atoms with Gasteiger partial charge in [0.05, 0.1) is 18.4 Å². The lowest BCUT2D eigenvalue weighted by Gasteiger charge is -2.18. The molecule has 2 rings (SSSR count). The fourth-order valence-electron chi connectivity index (χ4n) is 2.20. The summed E-state index contributed by atoms with van der Waals surface area (Å²) in [5, 5.41) is 11.0. The van der Waals surface area contributed by atoms with Crippen molar-refractivity contribution in [1.29, 1.82) is 0 Å². The van der Waals surface area contributed by atoms with E-state index < -0.39 is 0 Å². The molecule has 1 atom stereocenters. The van der Waals surface area contributed by atoms with Gasteiger partial charge in [0.1, 0.15) is 5.02 Å². The molecule has 1 unspecified atom stereocenters. The number of hydrogen-bond acceptors (Lipinski definition) is 4. The summed E-state index contributed by atoms with van der Waals surface area (Å²) in [5.41, 5.74) is 0.345. The van der Waals surface area contributed by atoms with Crippen LogP contribution in [0.1, 0.15) is 19.3 Å². The van der Waals surface area contributed by atoms with Gasteiger partial charge in [0.15, 0.2) is 0 Å². The van der Waals surface area contributed by atoms with Gasteiger partial charge in [-0.3, -0.25) is 4.79 Å². The van der Waals surface area contributed by atoms with E-state index in [0.717, 1.165) is 32.4 Å². The average molecular weight is 283 g/mol. The van der Waals surface area contributed by atoms with Gasteiger partial charge < -0.3 is 10.6 Å². The fourth-order valence-corrected chi connectivity index (χ4v) is 2.40. The zero-order valence-corrected chi connectivity index (χ0v) is 11.6. The van der Waals surface area contributed by atoms with Crippen LogP contribution in [0.15, 0.2) is 23.6 Å². The molecule has 1 aliphatic rings. The summed E-state index contributed by atoms with van der Waals surface area (Å²) < 4.78 is 1.30. The van der Waals surface area contributed by atoms with E-state index in [4.69, 9.17) is 11.6 Å². The standard InChI is InChI=1S/C13H19ClN4O/c1-2-8-18-13(19)12(14)11(9-16-18)17-10-4-3-6-15-7-5-10/h2,9-10,15,17H,1,3-8H2. The van der Waals surface area contributed by atoms with Gasteiger partial charge in [-0.15, -0.1) is 6.58 Å². The molecule has 1 aromatic heterocycles. The largest absolute Gasteiger partial charge is 0.380 e. The van der Waals surface area contributed by atoms with Gasteiger partial charge in [-0.2, -0.15) is 5.10 Å². The van der Waals surface area contributed by atoms with Gasteiger partial charge in [0, 0.05) is 6.04 Å². The van der Waals surface area contributed by atoms with Crippen LogP contribution in [0.3, 0.4) is 0 Å². The van der Waals surface area contributed by atoms with Gasteiger partial charge in [-0.1, -0.05) is 17.7 Å². The Morgan fingerprint density at radius 1 is 1.58 bits per heavy atom. The molecule has 0 spiro atoms. The summed E-state index contributed by atoms with van der Waals surface area (Å²) in [6.07, 6.45) is 6.45. The van der Waals surface area contributed by atoms with Crippen molar-refractivity contribution in [1.82, 2.24) is 15.1 Å². The molecule has 2 N–H and O–H groups in total. The molecule has 2 heterocycles. The maximum atomic E-state index is 12.0. The normalized spacial score (nSPS) is 19.7. The van der Waals surface area contributed by atoms with Crippen molar-refractivity contribution in [2.24, 2.45) is 0 Å². The summed E-state index contributed by atoms with van der Waals surface area (Å²) in [6.45, 7) is 5.98. The van der Waals surface area contributed by atoms with Crippen LogP contribution in [0.2, 0.25) is 5.02 Å². The molecule has 0 aliphatic carbocycles. The van der Waals surface area contributed by atoms with Crippen molar-refractivity contribution >= 4 is 17.3 Å². The minimum atomic E-state index is -0.279. The zero-order valence-electron chi connectivity index (χ0n) is 10.9. The molecular formula is C13H19ClN4O. The highest BCUT2D eigenvalue weighted by Crippen LogP contribution is 2.19. The minimum absolute atomic E-state index is 0.203. The Bertz CT molecular complexity index is 492. The predicted molar refractivity (Wildman–Crippen MR) is 77.8 cm³/mol. The van der Waals surface area contributed by atoms with Crippen LogP contribution in [-0.2, 0) is 6.54 Å². The van der Waals surface area contributed by atoms with Crippen LogP contribution in [0.4, 0.5) is 5.69 Å². The third kappa shape index (κ3) is 3.58. The molecule has 0 aromatic carbocycles. The predicted octanol–water partition coefficient (Wildman–Crippen LogP) is 1.64. The van der Waals surface area contributed by atoms with E-state index in [9.17, 15) is 4.79 Å². The van der Waals surface area contributed by atoms with Gasteiger partial charge in [-0.25, -0.2) is 4.68 Å². The number of rotatable bonds is 4. The summed E-state index contributed by atoms with van der Waals surface area (Å²) in [7, 11) is 0. The SMILES string of the molecule is C=CCn1ncc(NC2CCCNCC2)c(Cl)c1=O. The van der Waals surface area contributed by atoms with E-state index in [1.807, 2.05) is 0 Å². The number of aromatic nitrogens is 2. The number of halogens is 1. The van der Waals surface area contributed by atoms with E-state index >= 15 is 0 Å². The van der Waals surface area contributed by atoms with Crippen molar-refractivity contribution in [3.8, 4) is 0 Å². The Hall–Kier alpha value is -1.33. The molecule has 19 heavy (non-hydrogen) atoms. The number of anilines is 1. The van der Waals surface area contributed by atoms with Gasteiger partial charge in [0.2, 0.25) is 0 Å². The minimum Gasteiger partial charge on any atom is -0.380 e. The summed E-state index contributed by atoms with van der Waals surface area (Å²) in [6, 6.07) is 0.337. The molecule has 1 aromatic rings. The molecule has 5 nitrogen and oxygen atoms in total. The van der Waals surface area contributed by atoms with Crippen LogP contribution in [0, 0.1) is 0 Å². The van der Waals surface area contributed by atoms with E-state index in [2.05, 4.69) is 22.3 Å². The van der Waals surface area contributed by atoms with Crippen LogP contribution in [-0.4, -0.2) is 28.9 Å². The molecule has 0 radical (unpaired) electrons. The average Bonchev–Trinajstić information content (AvgIpc) is 2.67. The molecule has 6 heteroatoms. The van der Waals surface area contributed by atoms with Gasteiger partial charge >= 0.3 is 0 Å². The van der Waals surface area contributed by atoms with E-state index in [-0.39, 0.29) is 10.6 Å². The van der Waals surface area contributed by atoms with Gasteiger partial charge in [0.25, 0.3) is 5.56 Å². The third-order valence-corrected chi connectivity index (χ3v) is 3.59. The summed E-state index contributed by atoms with van der Waals surface area (Å²) in [4.78, 5) is 12.0. The molecule has 0 saturated carbocycles. The Morgan fingerprint density at radius 2 is 2.42 bits per heavy atom. The lowest BCUT2D eigenvalue weighted by Crippen LogP contribution is -2.27. The molecule has 0 amide bonds. The summed E-state index contributed by atoms with van der Waals surface area (Å²) >= 11 is 6.11. The lowest BCUT2D eigenvalue weighted by molar-refractivity contribution is 0.627. The smallest absolute Gasteiger partial charge is 0.287 e.